The fourth-order valence-electron chi connectivity index (χ4n) is 4.63. The number of pyridine rings is 1. The van der Waals surface area contributed by atoms with E-state index in [1.165, 1.54) is 12.8 Å². The second kappa shape index (κ2) is 9.61. The summed E-state index contributed by atoms with van der Waals surface area (Å²) < 4.78 is 6.97. The average Bonchev–Trinajstić information content (AvgIpc) is 3.42. The lowest BCUT2D eigenvalue weighted by Crippen LogP contribution is -2.24. The van der Waals surface area contributed by atoms with Crippen LogP contribution in [0.5, 0.6) is 5.88 Å². The fourth-order valence-corrected chi connectivity index (χ4v) is 4.63. The summed E-state index contributed by atoms with van der Waals surface area (Å²) in [6, 6.07) is 19.8. The lowest BCUT2D eigenvalue weighted by atomic mass is 9.87. The molecule has 0 radical (unpaired) electrons. The third-order valence-corrected chi connectivity index (χ3v) is 6.68. The van der Waals surface area contributed by atoms with Gasteiger partial charge in [0.25, 0.3) is 5.56 Å². The van der Waals surface area contributed by atoms with Gasteiger partial charge >= 0.3 is 0 Å². The maximum absolute atomic E-state index is 14.0. The van der Waals surface area contributed by atoms with Crippen LogP contribution in [-0.2, 0) is 5.41 Å². The molecule has 3 heterocycles. The molecule has 0 amide bonds. The summed E-state index contributed by atoms with van der Waals surface area (Å²) in [5.41, 5.74) is 4.32. The van der Waals surface area contributed by atoms with Crippen LogP contribution in [0.25, 0.3) is 28.7 Å². The Balaban J connectivity index is 1.70. The van der Waals surface area contributed by atoms with E-state index in [1.807, 2.05) is 48.6 Å². The van der Waals surface area contributed by atoms with Gasteiger partial charge in [0.2, 0.25) is 5.88 Å². The van der Waals surface area contributed by atoms with Crippen LogP contribution in [0.3, 0.4) is 0 Å². The maximum atomic E-state index is 14.0. The van der Waals surface area contributed by atoms with Crippen molar-refractivity contribution < 1.29 is 4.74 Å². The predicted molar refractivity (Wildman–Crippen MR) is 147 cm³/mol. The van der Waals surface area contributed by atoms with Crippen LogP contribution in [0, 0.1) is 0 Å². The van der Waals surface area contributed by atoms with Crippen molar-refractivity contribution in [2.45, 2.75) is 39.0 Å². The summed E-state index contributed by atoms with van der Waals surface area (Å²) in [5.74, 6) is 1.09. The third-order valence-electron chi connectivity index (χ3n) is 6.68. The van der Waals surface area contributed by atoms with Gasteiger partial charge in [-0.2, -0.15) is 0 Å². The minimum absolute atomic E-state index is 0.0483. The molecule has 2 aromatic carbocycles. The molecular weight excluding hydrogens is 448 g/mol. The molecule has 0 aliphatic carbocycles. The first-order valence-corrected chi connectivity index (χ1v) is 12.5. The summed E-state index contributed by atoms with van der Waals surface area (Å²) in [7, 11) is 1.59. The van der Waals surface area contributed by atoms with Crippen molar-refractivity contribution in [1.82, 2.24) is 14.5 Å². The topological polar surface area (TPSA) is 60.2 Å². The Morgan fingerprint density at radius 1 is 0.889 bits per heavy atom. The first-order valence-electron chi connectivity index (χ1n) is 12.5. The molecule has 36 heavy (non-hydrogen) atoms. The molecule has 0 unspecified atom stereocenters. The molecule has 1 fully saturated rings. The SMILES string of the molecule is COc1cccc(/C=C/c2nc3ccc(N4CCCC4)cc3c(=O)n2-c2cccc(C(C)(C)C)c2)n1. The minimum atomic E-state index is -0.0784. The number of methoxy groups -OCH3 is 1. The first kappa shape index (κ1) is 23.8. The molecule has 6 nitrogen and oxygen atoms in total. The predicted octanol–water partition coefficient (Wildman–Crippen LogP) is 5.86. The van der Waals surface area contributed by atoms with Crippen molar-refractivity contribution in [3.8, 4) is 11.6 Å². The van der Waals surface area contributed by atoms with Gasteiger partial charge in [0, 0.05) is 24.8 Å². The van der Waals surface area contributed by atoms with Gasteiger partial charge in [0.05, 0.1) is 29.4 Å². The van der Waals surface area contributed by atoms with E-state index in [9.17, 15) is 4.79 Å². The summed E-state index contributed by atoms with van der Waals surface area (Å²) in [6.07, 6.45) is 6.07. The van der Waals surface area contributed by atoms with E-state index < -0.39 is 0 Å². The van der Waals surface area contributed by atoms with E-state index in [1.54, 1.807) is 17.7 Å². The van der Waals surface area contributed by atoms with Crippen LogP contribution in [0.2, 0.25) is 0 Å². The van der Waals surface area contributed by atoms with Crippen molar-refractivity contribution in [3.63, 3.8) is 0 Å². The molecule has 0 N–H and O–H groups in total. The number of nitrogens with zero attached hydrogens (tertiary/aromatic N) is 4. The molecular formula is C30H32N4O2. The lowest BCUT2D eigenvalue weighted by molar-refractivity contribution is 0.397. The van der Waals surface area contributed by atoms with Gasteiger partial charge in [-0.15, -0.1) is 0 Å². The molecule has 0 atom stereocenters. The highest BCUT2D eigenvalue weighted by atomic mass is 16.5. The fraction of sp³-hybridized carbons (Fsp3) is 0.300. The number of rotatable bonds is 5. The minimum Gasteiger partial charge on any atom is -0.481 e. The van der Waals surface area contributed by atoms with E-state index in [2.05, 4.69) is 48.9 Å². The van der Waals surface area contributed by atoms with Crippen molar-refractivity contribution in [2.24, 2.45) is 0 Å². The Bertz CT molecular complexity index is 1490. The molecule has 0 bridgehead atoms. The van der Waals surface area contributed by atoms with Gasteiger partial charge in [-0.3, -0.25) is 9.36 Å². The normalized spacial score (nSPS) is 14.2. The van der Waals surface area contributed by atoms with E-state index in [0.717, 1.165) is 35.7 Å². The molecule has 4 aromatic rings. The van der Waals surface area contributed by atoms with Gasteiger partial charge in [0.15, 0.2) is 0 Å². The van der Waals surface area contributed by atoms with Gasteiger partial charge < -0.3 is 9.64 Å². The number of anilines is 1. The molecule has 1 aliphatic heterocycles. The van der Waals surface area contributed by atoms with Crippen LogP contribution in [-0.4, -0.2) is 34.7 Å². The molecule has 1 saturated heterocycles. The van der Waals surface area contributed by atoms with Crippen LogP contribution in [0.1, 0.15) is 50.7 Å². The van der Waals surface area contributed by atoms with E-state index in [0.29, 0.717) is 22.6 Å². The monoisotopic (exact) mass is 480 g/mol. The van der Waals surface area contributed by atoms with Crippen LogP contribution in [0.15, 0.2) is 65.5 Å². The largest absolute Gasteiger partial charge is 0.481 e. The summed E-state index contributed by atoms with van der Waals surface area (Å²) in [4.78, 5) is 25.8. The van der Waals surface area contributed by atoms with E-state index in [-0.39, 0.29) is 11.0 Å². The second-order valence-corrected chi connectivity index (χ2v) is 10.2. The van der Waals surface area contributed by atoms with E-state index in [4.69, 9.17) is 9.72 Å². The van der Waals surface area contributed by atoms with Crippen LogP contribution in [0.4, 0.5) is 5.69 Å². The quantitative estimate of drug-likeness (QED) is 0.358. The Morgan fingerprint density at radius 2 is 1.67 bits per heavy atom. The molecule has 0 spiro atoms. The van der Waals surface area contributed by atoms with Gasteiger partial charge in [0.1, 0.15) is 5.82 Å². The highest BCUT2D eigenvalue weighted by Gasteiger charge is 2.18. The second-order valence-electron chi connectivity index (χ2n) is 10.2. The van der Waals surface area contributed by atoms with Crippen molar-refractivity contribution >= 4 is 28.7 Å². The molecule has 1 aliphatic rings. The Hall–Kier alpha value is -3.93. The highest BCUT2D eigenvalue weighted by molar-refractivity contribution is 5.83. The Morgan fingerprint density at radius 3 is 2.42 bits per heavy atom. The zero-order valence-electron chi connectivity index (χ0n) is 21.4. The number of ether oxygens (including phenoxy) is 1. The maximum Gasteiger partial charge on any atom is 0.266 e. The zero-order chi connectivity index (χ0) is 25.3. The number of hydrogen-bond acceptors (Lipinski definition) is 5. The van der Waals surface area contributed by atoms with Gasteiger partial charge in [-0.25, -0.2) is 9.97 Å². The number of fused-ring (bicyclic) bond motifs is 1. The Kier molecular flexibility index (Phi) is 6.35. The van der Waals surface area contributed by atoms with E-state index >= 15 is 0 Å². The first-order chi connectivity index (χ1) is 17.3. The van der Waals surface area contributed by atoms with Gasteiger partial charge in [-0.05, 0) is 72.4 Å². The smallest absolute Gasteiger partial charge is 0.266 e. The Labute approximate surface area is 211 Å². The third kappa shape index (κ3) is 4.76. The summed E-state index contributed by atoms with van der Waals surface area (Å²) in [6.45, 7) is 8.56. The molecule has 2 aromatic heterocycles. The average molecular weight is 481 g/mol. The summed E-state index contributed by atoms with van der Waals surface area (Å²) >= 11 is 0. The standard InChI is InChI=1S/C30H32N4O2/c1-30(2,3)21-9-7-11-24(19-21)34-27(16-13-22-10-8-12-28(31-22)36-4)32-26-15-14-23(20-25(26)29(34)35)33-17-5-6-18-33/h7-16,19-20H,5-6,17-18H2,1-4H3/b16-13+. The number of benzene rings is 2. The molecule has 6 heteroatoms. The van der Waals surface area contributed by atoms with Gasteiger partial charge in [-0.1, -0.05) is 39.0 Å². The molecule has 5 rings (SSSR count). The zero-order valence-corrected chi connectivity index (χ0v) is 21.4. The van der Waals surface area contributed by atoms with Crippen LogP contribution >= 0.6 is 0 Å². The number of hydrogen-bond donors (Lipinski definition) is 0. The number of aromatic nitrogens is 3. The lowest BCUT2D eigenvalue weighted by Gasteiger charge is -2.21. The molecule has 184 valence electrons. The van der Waals surface area contributed by atoms with Crippen molar-refractivity contribution in [3.05, 3.63) is 88.1 Å². The van der Waals surface area contributed by atoms with Crippen molar-refractivity contribution in [1.29, 1.82) is 0 Å². The van der Waals surface area contributed by atoms with Crippen LogP contribution < -0.4 is 15.2 Å². The highest BCUT2D eigenvalue weighted by Crippen LogP contribution is 2.27. The summed E-state index contributed by atoms with van der Waals surface area (Å²) in [5, 5.41) is 0.622. The molecule has 0 saturated carbocycles. The van der Waals surface area contributed by atoms with Crippen molar-refractivity contribution in [2.75, 3.05) is 25.1 Å².